The maximum absolute atomic E-state index is 10.6. The largest absolute Gasteiger partial charge is 0.386 e. The second-order valence-corrected chi connectivity index (χ2v) is 8.81. The molecule has 3 N–H and O–H groups in total. The van der Waals surface area contributed by atoms with Gasteiger partial charge in [-0.3, -0.25) is 9.89 Å². The van der Waals surface area contributed by atoms with E-state index in [1.165, 1.54) is 10.1 Å². The lowest BCUT2D eigenvalue weighted by Crippen LogP contribution is -2.52. The minimum Gasteiger partial charge on any atom is -0.386 e. The predicted molar refractivity (Wildman–Crippen MR) is 117 cm³/mol. The summed E-state index contributed by atoms with van der Waals surface area (Å²) in [4.78, 5) is 8.17. The predicted octanol–water partition coefficient (Wildman–Crippen LogP) is 2.60. The van der Waals surface area contributed by atoms with Crippen LogP contribution in [0.3, 0.4) is 0 Å². The number of thiophene rings is 1. The van der Waals surface area contributed by atoms with Crippen LogP contribution in [0.4, 0.5) is 0 Å². The smallest absolute Gasteiger partial charge is 0.191 e. The van der Waals surface area contributed by atoms with Crippen LogP contribution >= 0.6 is 11.3 Å². The highest BCUT2D eigenvalue weighted by atomic mass is 32.1. The third kappa shape index (κ3) is 5.44. The minimum absolute atomic E-state index is 0.0315. The first-order chi connectivity index (χ1) is 13.5. The first-order valence-electron chi connectivity index (χ1n) is 10.0. The Morgan fingerprint density at radius 1 is 1.29 bits per heavy atom. The average molecular weight is 405 g/mol. The zero-order chi connectivity index (χ0) is 20.0. The van der Waals surface area contributed by atoms with Crippen LogP contribution in [0.1, 0.15) is 31.8 Å². The number of aliphatic hydroxyl groups is 1. The van der Waals surface area contributed by atoms with E-state index in [4.69, 9.17) is 9.73 Å². The quantitative estimate of drug-likeness (QED) is 0.489. The number of benzene rings is 1. The minimum atomic E-state index is -0.562. The van der Waals surface area contributed by atoms with Crippen LogP contribution in [0.25, 0.3) is 10.1 Å². The molecule has 0 radical (unpaired) electrons. The summed E-state index contributed by atoms with van der Waals surface area (Å²) in [5.41, 5.74) is -0.0315. The number of nitrogens with zero attached hydrogens (tertiary/aromatic N) is 2. The van der Waals surface area contributed by atoms with Gasteiger partial charge in [0.1, 0.15) is 6.10 Å². The summed E-state index contributed by atoms with van der Waals surface area (Å²) >= 11 is 1.64. The lowest BCUT2D eigenvalue weighted by molar-refractivity contribution is -0.00684. The molecule has 1 fully saturated rings. The van der Waals surface area contributed by atoms with Gasteiger partial charge in [0.2, 0.25) is 0 Å². The van der Waals surface area contributed by atoms with Crippen LogP contribution in [0.5, 0.6) is 0 Å². The second-order valence-electron chi connectivity index (χ2n) is 7.69. The van der Waals surface area contributed by atoms with Gasteiger partial charge in [0, 0.05) is 41.3 Å². The lowest BCUT2D eigenvalue weighted by Gasteiger charge is -2.39. The number of hydrogen-bond donors (Lipinski definition) is 3. The number of ether oxygens (including phenoxy) is 1. The van der Waals surface area contributed by atoms with Crippen molar-refractivity contribution in [3.8, 4) is 0 Å². The number of guanidine groups is 1. The fourth-order valence-electron chi connectivity index (χ4n) is 3.34. The lowest BCUT2D eigenvalue weighted by atomic mass is 10.0. The fraction of sp³-hybridized carbons (Fsp3) is 0.571. The number of aliphatic imine (C=N–C) groups is 1. The summed E-state index contributed by atoms with van der Waals surface area (Å²) in [6, 6.07) is 10.3. The Labute approximate surface area is 171 Å². The van der Waals surface area contributed by atoms with Crippen molar-refractivity contribution < 1.29 is 9.84 Å². The van der Waals surface area contributed by atoms with Gasteiger partial charge < -0.3 is 20.5 Å². The molecule has 28 heavy (non-hydrogen) atoms. The summed E-state index contributed by atoms with van der Waals surface area (Å²) < 4.78 is 6.66. The van der Waals surface area contributed by atoms with Crippen molar-refractivity contribution in [1.29, 1.82) is 0 Å². The second kappa shape index (κ2) is 9.69. The first kappa shape index (κ1) is 21.0. The van der Waals surface area contributed by atoms with Crippen LogP contribution < -0.4 is 10.6 Å². The Kier molecular flexibility index (Phi) is 7.29. The third-order valence-electron chi connectivity index (χ3n) is 5.07. The first-order valence-corrected chi connectivity index (χ1v) is 10.8. The number of fused-ring (bicyclic) bond motifs is 1. The Bertz CT molecular complexity index is 751. The topological polar surface area (TPSA) is 69.1 Å². The molecule has 154 valence electrons. The molecule has 2 aromatic rings. The number of aliphatic hydroxyl groups excluding tert-OH is 1. The Balaban J connectivity index is 1.59. The van der Waals surface area contributed by atoms with Gasteiger partial charge in [-0.05, 0) is 38.3 Å². The van der Waals surface area contributed by atoms with Gasteiger partial charge in [0.15, 0.2) is 5.96 Å². The highest BCUT2D eigenvalue weighted by Gasteiger charge is 2.28. The van der Waals surface area contributed by atoms with Crippen molar-refractivity contribution in [1.82, 2.24) is 15.5 Å². The molecule has 0 saturated carbocycles. The summed E-state index contributed by atoms with van der Waals surface area (Å²) in [6.45, 7) is 11.8. The van der Waals surface area contributed by atoms with E-state index in [1.807, 2.05) is 19.1 Å². The van der Waals surface area contributed by atoms with E-state index in [-0.39, 0.29) is 5.54 Å². The van der Waals surface area contributed by atoms with E-state index < -0.39 is 6.10 Å². The number of hydrogen-bond acceptors (Lipinski definition) is 5. The Morgan fingerprint density at radius 3 is 2.75 bits per heavy atom. The molecule has 1 aliphatic heterocycles. The normalized spacial score (nSPS) is 17.6. The van der Waals surface area contributed by atoms with Gasteiger partial charge in [0.25, 0.3) is 0 Å². The molecule has 1 aromatic heterocycles. The monoisotopic (exact) mass is 404 g/mol. The van der Waals surface area contributed by atoms with Crippen molar-refractivity contribution >= 4 is 27.4 Å². The van der Waals surface area contributed by atoms with Gasteiger partial charge in [-0.1, -0.05) is 18.2 Å². The number of nitrogens with one attached hydrogen (secondary N) is 2. The molecular weight excluding hydrogens is 372 g/mol. The van der Waals surface area contributed by atoms with E-state index in [0.29, 0.717) is 13.1 Å². The van der Waals surface area contributed by atoms with Crippen molar-refractivity contribution in [2.24, 2.45) is 4.99 Å². The molecular formula is C21H32N4O2S. The van der Waals surface area contributed by atoms with Crippen molar-refractivity contribution in [3.05, 3.63) is 35.2 Å². The zero-order valence-corrected chi connectivity index (χ0v) is 17.9. The number of morpholine rings is 1. The molecule has 3 rings (SSSR count). The van der Waals surface area contributed by atoms with Crippen molar-refractivity contribution in [2.45, 2.75) is 32.4 Å². The molecule has 1 aliphatic rings. The van der Waals surface area contributed by atoms with Crippen LogP contribution in [-0.2, 0) is 4.74 Å². The SMILES string of the molecule is CCNC(=NCC(C)(C)N1CCOCC1)NCC(O)c1cc2ccccc2s1. The molecule has 0 amide bonds. The molecule has 0 aliphatic carbocycles. The molecule has 7 heteroatoms. The Hall–Kier alpha value is -1.67. The van der Waals surface area contributed by atoms with Crippen LogP contribution in [-0.4, -0.2) is 67.4 Å². The summed E-state index contributed by atoms with van der Waals surface area (Å²) in [6.07, 6.45) is -0.562. The molecule has 0 spiro atoms. The maximum Gasteiger partial charge on any atom is 0.191 e. The van der Waals surface area contributed by atoms with E-state index >= 15 is 0 Å². The fourth-order valence-corrected chi connectivity index (χ4v) is 4.39. The molecule has 1 unspecified atom stereocenters. The average Bonchev–Trinajstić information content (AvgIpc) is 3.15. The van der Waals surface area contributed by atoms with Crippen molar-refractivity contribution in [2.75, 3.05) is 45.9 Å². The van der Waals surface area contributed by atoms with Gasteiger partial charge in [0.05, 0.1) is 19.8 Å². The van der Waals surface area contributed by atoms with Crippen LogP contribution in [0.2, 0.25) is 0 Å². The van der Waals surface area contributed by atoms with Gasteiger partial charge >= 0.3 is 0 Å². The van der Waals surface area contributed by atoms with Gasteiger partial charge in [-0.2, -0.15) is 0 Å². The van der Waals surface area contributed by atoms with Crippen LogP contribution in [0.15, 0.2) is 35.3 Å². The summed E-state index contributed by atoms with van der Waals surface area (Å²) in [7, 11) is 0. The van der Waals surface area contributed by atoms with E-state index in [0.717, 1.165) is 43.7 Å². The molecule has 1 atom stereocenters. The van der Waals surface area contributed by atoms with E-state index in [9.17, 15) is 5.11 Å². The molecule has 2 heterocycles. The molecule has 1 aromatic carbocycles. The van der Waals surface area contributed by atoms with Crippen LogP contribution in [0, 0.1) is 0 Å². The highest BCUT2D eigenvalue weighted by Crippen LogP contribution is 2.29. The van der Waals surface area contributed by atoms with Gasteiger partial charge in [-0.15, -0.1) is 11.3 Å². The van der Waals surface area contributed by atoms with Crippen molar-refractivity contribution in [3.63, 3.8) is 0 Å². The third-order valence-corrected chi connectivity index (χ3v) is 6.29. The zero-order valence-electron chi connectivity index (χ0n) is 17.1. The maximum atomic E-state index is 10.6. The summed E-state index contributed by atoms with van der Waals surface area (Å²) in [5.74, 6) is 0.740. The highest BCUT2D eigenvalue weighted by molar-refractivity contribution is 7.19. The van der Waals surface area contributed by atoms with E-state index in [1.54, 1.807) is 11.3 Å². The van der Waals surface area contributed by atoms with Gasteiger partial charge in [-0.25, -0.2) is 0 Å². The van der Waals surface area contributed by atoms with E-state index in [2.05, 4.69) is 47.6 Å². The molecule has 1 saturated heterocycles. The standard InChI is InChI=1S/C21H32N4O2S/c1-4-22-20(24-15-21(2,3)25-9-11-27-12-10-25)23-14-17(26)19-13-16-7-5-6-8-18(16)28-19/h5-8,13,17,26H,4,9-12,14-15H2,1-3H3,(H2,22,23,24). The number of rotatable bonds is 7. The Morgan fingerprint density at radius 2 is 2.04 bits per heavy atom. The summed E-state index contributed by atoms with van der Waals surface area (Å²) in [5, 5.41) is 18.4. The molecule has 0 bridgehead atoms. The molecule has 6 nitrogen and oxygen atoms in total.